The summed E-state index contributed by atoms with van der Waals surface area (Å²) in [6.45, 7) is 2.45. The van der Waals surface area contributed by atoms with Crippen LogP contribution in [0.1, 0.15) is 25.6 Å². The normalized spacial score (nSPS) is 13.9. The molecule has 0 aromatic carbocycles. The zero-order chi connectivity index (χ0) is 15.7. The van der Waals surface area contributed by atoms with Crippen LogP contribution in [0.15, 0.2) is 9.59 Å². The summed E-state index contributed by atoms with van der Waals surface area (Å²) in [5.41, 5.74) is 3.37. The molecular weight excluding hydrogens is 282 g/mol. The summed E-state index contributed by atoms with van der Waals surface area (Å²) in [6.07, 6.45) is -2.49. The number of aliphatic hydroxyl groups is 1. The molecule has 0 amide bonds. The van der Waals surface area contributed by atoms with Crippen LogP contribution in [0.5, 0.6) is 0 Å². The van der Waals surface area contributed by atoms with Gasteiger partial charge in [0.25, 0.3) is 11.1 Å². The molecule has 2 atom stereocenters. The van der Waals surface area contributed by atoms with E-state index in [1.807, 2.05) is 0 Å². The van der Waals surface area contributed by atoms with Gasteiger partial charge < -0.3 is 20.6 Å². The van der Waals surface area contributed by atoms with Gasteiger partial charge in [-0.25, -0.2) is 4.98 Å². The van der Waals surface area contributed by atoms with Crippen molar-refractivity contribution in [2.45, 2.75) is 26.1 Å². The van der Waals surface area contributed by atoms with Crippen molar-refractivity contribution in [2.75, 3.05) is 5.73 Å². The van der Waals surface area contributed by atoms with Crippen molar-refractivity contribution in [2.24, 2.45) is 0 Å². The second-order valence-electron chi connectivity index (χ2n) is 4.37. The molecule has 0 fully saturated rings. The van der Waals surface area contributed by atoms with Crippen molar-refractivity contribution in [3.8, 4) is 0 Å². The summed E-state index contributed by atoms with van der Waals surface area (Å²) in [5.74, 6) is -0.878. The molecule has 2 unspecified atom stereocenters. The van der Waals surface area contributed by atoms with Crippen molar-refractivity contribution in [1.29, 1.82) is 0 Å². The van der Waals surface area contributed by atoms with E-state index in [2.05, 4.69) is 19.9 Å². The van der Waals surface area contributed by atoms with Crippen LogP contribution in [0.4, 0.5) is 5.95 Å². The predicted octanol–water partition coefficient (Wildman–Crippen LogP) is -1.43. The molecule has 2 rings (SSSR count). The molecule has 2 heterocycles. The second-order valence-corrected chi connectivity index (χ2v) is 4.37. The van der Waals surface area contributed by atoms with Crippen molar-refractivity contribution in [3.63, 3.8) is 0 Å². The lowest BCUT2D eigenvalue weighted by Crippen LogP contribution is -2.30. The van der Waals surface area contributed by atoms with Gasteiger partial charge in [-0.15, -0.1) is 0 Å². The van der Waals surface area contributed by atoms with Crippen LogP contribution >= 0.6 is 0 Å². The Labute approximate surface area is 117 Å². The van der Waals surface area contributed by atoms with Gasteiger partial charge in [0, 0.05) is 6.92 Å². The molecule has 0 spiro atoms. The van der Waals surface area contributed by atoms with Gasteiger partial charge in [-0.1, -0.05) is 0 Å². The maximum absolute atomic E-state index is 12.0. The molecule has 0 aliphatic heterocycles. The third kappa shape index (κ3) is 2.89. The number of ether oxygens (including phenoxy) is 1. The molecule has 0 bridgehead atoms. The molecule has 0 saturated heterocycles. The Kier molecular flexibility index (Phi) is 3.72. The second kappa shape index (κ2) is 5.32. The minimum Gasteiger partial charge on any atom is -0.453 e. The van der Waals surface area contributed by atoms with Crippen LogP contribution < -0.4 is 16.9 Å². The SMILES string of the molecule is CC(=O)OC(c1nc2c(=O)[nH]c(N)nc2[nH]c1=O)C(C)O. The number of aliphatic hydroxyl groups excluding tert-OH is 1. The van der Waals surface area contributed by atoms with Gasteiger partial charge in [0.1, 0.15) is 5.69 Å². The van der Waals surface area contributed by atoms with E-state index in [0.29, 0.717) is 0 Å². The van der Waals surface area contributed by atoms with Crippen molar-refractivity contribution < 1.29 is 14.6 Å². The summed E-state index contributed by atoms with van der Waals surface area (Å²) in [4.78, 5) is 46.9. The van der Waals surface area contributed by atoms with Gasteiger partial charge in [0.15, 0.2) is 17.3 Å². The summed E-state index contributed by atoms with van der Waals surface area (Å²) in [7, 11) is 0. The zero-order valence-electron chi connectivity index (χ0n) is 11.2. The van der Waals surface area contributed by atoms with Gasteiger partial charge in [-0.2, -0.15) is 4.98 Å². The van der Waals surface area contributed by atoms with Crippen LogP contribution in [-0.4, -0.2) is 37.1 Å². The average molecular weight is 295 g/mol. The van der Waals surface area contributed by atoms with Gasteiger partial charge in [-0.05, 0) is 6.92 Å². The van der Waals surface area contributed by atoms with Crippen molar-refractivity contribution >= 4 is 23.1 Å². The number of carbonyl (C=O) groups is 1. The Bertz CT molecular complexity index is 809. The average Bonchev–Trinajstić information content (AvgIpc) is 2.34. The van der Waals surface area contributed by atoms with E-state index in [1.54, 1.807) is 0 Å². The Balaban J connectivity index is 2.69. The van der Waals surface area contributed by atoms with E-state index >= 15 is 0 Å². The number of hydrogen-bond acceptors (Lipinski definition) is 8. The van der Waals surface area contributed by atoms with E-state index in [4.69, 9.17) is 10.5 Å². The summed E-state index contributed by atoms with van der Waals surface area (Å²) >= 11 is 0. The number of nitrogens with zero attached hydrogens (tertiary/aromatic N) is 2. The molecule has 112 valence electrons. The Morgan fingerprint density at radius 2 is 1.95 bits per heavy atom. The quantitative estimate of drug-likeness (QED) is 0.500. The van der Waals surface area contributed by atoms with Gasteiger partial charge in [-0.3, -0.25) is 19.4 Å². The standard InChI is InChI=1S/C11H13N5O5/c1-3(17)7(21-4(2)18)5-9(19)14-8-6(13-5)10(20)16-11(12)15-8/h3,7,17H,1-2H3,(H4,12,14,15,16,19,20). The van der Waals surface area contributed by atoms with Gasteiger partial charge in [0.2, 0.25) is 5.95 Å². The fraction of sp³-hybridized carbons (Fsp3) is 0.364. The molecule has 10 heteroatoms. The lowest BCUT2D eigenvalue weighted by molar-refractivity contribution is -0.152. The number of hydrogen-bond donors (Lipinski definition) is 4. The molecule has 0 saturated carbocycles. The lowest BCUT2D eigenvalue weighted by Gasteiger charge is -2.18. The highest BCUT2D eigenvalue weighted by molar-refractivity contribution is 5.69. The molecule has 0 radical (unpaired) electrons. The van der Waals surface area contributed by atoms with Crippen molar-refractivity contribution in [3.05, 3.63) is 26.4 Å². The fourth-order valence-electron chi connectivity index (χ4n) is 1.77. The Morgan fingerprint density at radius 3 is 2.52 bits per heavy atom. The number of aromatic amines is 2. The van der Waals surface area contributed by atoms with E-state index in [9.17, 15) is 19.5 Å². The fourth-order valence-corrected chi connectivity index (χ4v) is 1.77. The first-order valence-electron chi connectivity index (χ1n) is 5.94. The minimum absolute atomic E-state index is 0.0998. The van der Waals surface area contributed by atoms with E-state index in [-0.39, 0.29) is 22.8 Å². The maximum Gasteiger partial charge on any atom is 0.303 e. The van der Waals surface area contributed by atoms with E-state index in [0.717, 1.165) is 6.92 Å². The first kappa shape index (κ1) is 14.7. The molecule has 10 nitrogen and oxygen atoms in total. The Hall–Kier alpha value is -2.75. The molecule has 2 aromatic heterocycles. The summed E-state index contributed by atoms with van der Waals surface area (Å²) < 4.78 is 4.86. The number of H-pyrrole nitrogens is 2. The number of esters is 1. The van der Waals surface area contributed by atoms with Crippen LogP contribution in [0, 0.1) is 0 Å². The highest BCUT2D eigenvalue weighted by atomic mass is 16.6. The smallest absolute Gasteiger partial charge is 0.303 e. The topological polar surface area (TPSA) is 164 Å². The summed E-state index contributed by atoms with van der Waals surface area (Å²) in [5, 5.41) is 9.63. The molecule has 0 aliphatic rings. The van der Waals surface area contributed by atoms with Crippen LogP contribution in [0.3, 0.4) is 0 Å². The number of anilines is 1. The van der Waals surface area contributed by atoms with Crippen LogP contribution in [0.2, 0.25) is 0 Å². The molecule has 21 heavy (non-hydrogen) atoms. The largest absolute Gasteiger partial charge is 0.453 e. The summed E-state index contributed by atoms with van der Waals surface area (Å²) in [6, 6.07) is 0. The Morgan fingerprint density at radius 1 is 1.29 bits per heavy atom. The first-order chi connectivity index (χ1) is 9.79. The van der Waals surface area contributed by atoms with Crippen LogP contribution in [-0.2, 0) is 9.53 Å². The number of nitrogen functional groups attached to an aromatic ring is 1. The number of carbonyl (C=O) groups excluding carboxylic acids is 1. The van der Waals surface area contributed by atoms with Crippen LogP contribution in [0.25, 0.3) is 11.2 Å². The predicted molar refractivity (Wildman–Crippen MR) is 71.4 cm³/mol. The zero-order valence-corrected chi connectivity index (χ0v) is 11.2. The number of fused-ring (bicyclic) bond motifs is 1. The van der Waals surface area contributed by atoms with E-state index < -0.39 is 29.3 Å². The third-order valence-corrected chi connectivity index (χ3v) is 2.61. The third-order valence-electron chi connectivity index (χ3n) is 2.61. The molecular formula is C11H13N5O5. The van der Waals surface area contributed by atoms with Gasteiger partial charge >= 0.3 is 5.97 Å². The molecule has 2 aromatic rings. The molecule has 5 N–H and O–H groups in total. The lowest BCUT2D eigenvalue weighted by atomic mass is 10.1. The first-order valence-corrected chi connectivity index (χ1v) is 5.94. The number of nitrogens with one attached hydrogen (secondary N) is 2. The molecule has 0 aliphatic carbocycles. The highest BCUT2D eigenvalue weighted by Gasteiger charge is 2.26. The number of rotatable bonds is 3. The minimum atomic E-state index is -1.30. The maximum atomic E-state index is 12.0. The van der Waals surface area contributed by atoms with Crippen molar-refractivity contribution in [1.82, 2.24) is 19.9 Å². The van der Waals surface area contributed by atoms with Gasteiger partial charge in [0.05, 0.1) is 6.10 Å². The van der Waals surface area contributed by atoms with E-state index in [1.165, 1.54) is 6.92 Å². The number of aromatic nitrogens is 4. The number of nitrogens with two attached hydrogens (primary N) is 1. The highest BCUT2D eigenvalue weighted by Crippen LogP contribution is 2.17. The monoisotopic (exact) mass is 295 g/mol.